The molecule has 0 bridgehead atoms. The number of anilines is 2. The maximum Gasteiger partial charge on any atom is 0.407 e. The van der Waals surface area contributed by atoms with Crippen LogP contribution in [0.15, 0.2) is 35.9 Å². The molecule has 1 fully saturated rings. The SMILES string of the molecule is C=c1c(N2CCC(C(=O)Nc3ccc4c(n3)CC(C)C(CCCOCCOCCNC(=O)OC(C)(C)C)=C4)CC2)cccc1=CCCSC. The Kier molecular flexibility index (Phi) is 15.0. The molecular weight excluding hydrogens is 637 g/mol. The summed E-state index contributed by atoms with van der Waals surface area (Å²) in [4.78, 5) is 32.1. The number of nitrogens with zero attached hydrogens (tertiary/aromatic N) is 2. The summed E-state index contributed by atoms with van der Waals surface area (Å²) in [5, 5.41) is 8.07. The molecule has 0 radical (unpaired) electrons. The number of alkyl carbamates (subject to hydrolysis) is 1. The fourth-order valence-electron chi connectivity index (χ4n) is 6.22. The van der Waals surface area contributed by atoms with Gasteiger partial charge >= 0.3 is 6.09 Å². The van der Waals surface area contributed by atoms with E-state index in [1.807, 2.05) is 38.6 Å². The van der Waals surface area contributed by atoms with E-state index in [9.17, 15) is 9.59 Å². The molecule has 2 aliphatic rings. The first-order valence-electron chi connectivity index (χ1n) is 17.7. The molecule has 10 heteroatoms. The van der Waals surface area contributed by atoms with Crippen molar-refractivity contribution in [3.05, 3.63) is 57.6 Å². The zero-order valence-electron chi connectivity index (χ0n) is 30.1. The molecule has 1 aromatic carbocycles. The zero-order chi connectivity index (χ0) is 35.2. The Labute approximate surface area is 296 Å². The van der Waals surface area contributed by atoms with Gasteiger partial charge in [-0.2, -0.15) is 11.8 Å². The van der Waals surface area contributed by atoms with Crippen molar-refractivity contribution in [2.45, 2.75) is 71.8 Å². The quantitative estimate of drug-likeness (QED) is 0.213. The van der Waals surface area contributed by atoms with E-state index in [0.717, 1.165) is 73.8 Å². The number of amides is 2. The number of pyridine rings is 1. The fourth-order valence-corrected chi connectivity index (χ4v) is 6.57. The van der Waals surface area contributed by atoms with Gasteiger partial charge in [-0.1, -0.05) is 43.4 Å². The lowest BCUT2D eigenvalue weighted by Gasteiger charge is -2.33. The number of carbonyl (C=O) groups is 2. The van der Waals surface area contributed by atoms with E-state index in [-0.39, 0.29) is 11.8 Å². The van der Waals surface area contributed by atoms with Crippen molar-refractivity contribution in [3.63, 3.8) is 0 Å². The number of hydrogen-bond donors (Lipinski definition) is 2. The van der Waals surface area contributed by atoms with Crippen LogP contribution in [0.1, 0.15) is 71.1 Å². The van der Waals surface area contributed by atoms with E-state index < -0.39 is 11.7 Å². The number of carbonyl (C=O) groups excluding carboxylic acids is 2. The van der Waals surface area contributed by atoms with Gasteiger partial charge in [-0.3, -0.25) is 4.79 Å². The summed E-state index contributed by atoms with van der Waals surface area (Å²) in [6.45, 7) is 16.3. The standard InChI is InChI=1S/C39H56N4O5S/c1-28-26-34-33(27-32(28)11-8-21-46-23-24-47-22-18-40-38(45)48-39(3,4)5)14-15-36(41-34)42-37(44)31-16-19-43(20-17-31)35-13-7-10-30(29(35)2)12-9-25-49-6/h7,10,12-15,27-28,31H,2,8-9,11,16-26H2,1,3-6H3,(H,40,45)(H,41,42,44). The molecule has 4 rings (SSSR count). The molecule has 1 aromatic heterocycles. The molecule has 1 atom stereocenters. The molecule has 268 valence electrons. The third-order valence-electron chi connectivity index (χ3n) is 8.86. The van der Waals surface area contributed by atoms with E-state index in [1.165, 1.54) is 16.5 Å². The lowest BCUT2D eigenvalue weighted by atomic mass is 9.85. The highest BCUT2D eigenvalue weighted by Crippen LogP contribution is 2.31. The lowest BCUT2D eigenvalue weighted by molar-refractivity contribution is -0.120. The number of hydrogen-bond acceptors (Lipinski definition) is 8. The summed E-state index contributed by atoms with van der Waals surface area (Å²) in [5.41, 5.74) is 4.24. The Bertz CT molecular complexity index is 1530. The first-order chi connectivity index (χ1) is 23.5. The lowest BCUT2D eigenvalue weighted by Crippen LogP contribution is -2.42. The van der Waals surface area contributed by atoms with Crippen molar-refractivity contribution in [2.24, 2.45) is 11.8 Å². The zero-order valence-corrected chi connectivity index (χ0v) is 31.0. The third-order valence-corrected chi connectivity index (χ3v) is 9.50. The molecule has 2 amide bonds. The first-order valence-corrected chi connectivity index (χ1v) is 19.1. The number of piperidine rings is 1. The number of thioether (sulfide) groups is 1. The van der Waals surface area contributed by atoms with Crippen LogP contribution in [0.25, 0.3) is 18.7 Å². The second-order valence-corrected chi connectivity index (χ2v) is 14.9. The van der Waals surface area contributed by atoms with E-state index in [1.54, 1.807) is 0 Å². The van der Waals surface area contributed by atoms with Gasteiger partial charge in [0.15, 0.2) is 0 Å². The van der Waals surface area contributed by atoms with Crippen LogP contribution in [0.3, 0.4) is 0 Å². The van der Waals surface area contributed by atoms with Gasteiger partial charge in [0.25, 0.3) is 0 Å². The van der Waals surface area contributed by atoms with Crippen molar-refractivity contribution < 1.29 is 23.8 Å². The average Bonchev–Trinajstić information content (AvgIpc) is 3.06. The molecule has 1 aliphatic carbocycles. The van der Waals surface area contributed by atoms with Gasteiger partial charge in [-0.05, 0) is 111 Å². The Morgan fingerprint density at radius 1 is 1.08 bits per heavy atom. The van der Waals surface area contributed by atoms with Gasteiger partial charge in [0.1, 0.15) is 11.4 Å². The van der Waals surface area contributed by atoms with Crippen molar-refractivity contribution in [1.29, 1.82) is 0 Å². The smallest absolute Gasteiger partial charge is 0.407 e. The number of benzene rings is 1. The summed E-state index contributed by atoms with van der Waals surface area (Å²) in [7, 11) is 0. The number of nitrogens with one attached hydrogen (secondary N) is 2. The van der Waals surface area contributed by atoms with E-state index in [2.05, 4.69) is 71.7 Å². The maximum absolute atomic E-state index is 13.2. The molecule has 2 N–H and O–H groups in total. The number of fused-ring (bicyclic) bond motifs is 1. The highest BCUT2D eigenvalue weighted by molar-refractivity contribution is 7.98. The number of allylic oxidation sites excluding steroid dienone is 1. The van der Waals surface area contributed by atoms with Crippen LogP contribution in [0.4, 0.5) is 16.3 Å². The molecule has 1 aliphatic heterocycles. The Hall–Kier alpha value is -3.34. The highest BCUT2D eigenvalue weighted by Gasteiger charge is 2.26. The summed E-state index contributed by atoms with van der Waals surface area (Å²) >= 11 is 1.85. The van der Waals surface area contributed by atoms with Gasteiger partial charge in [0, 0.05) is 37.8 Å². The molecule has 2 aromatic rings. The van der Waals surface area contributed by atoms with Crippen LogP contribution >= 0.6 is 11.8 Å². The summed E-state index contributed by atoms with van der Waals surface area (Å²) < 4.78 is 16.5. The first kappa shape index (κ1) is 38.5. The minimum atomic E-state index is -0.509. The van der Waals surface area contributed by atoms with Crippen LogP contribution < -0.4 is 26.0 Å². The normalized spacial score (nSPS) is 17.0. The van der Waals surface area contributed by atoms with Crippen LogP contribution in [0, 0.1) is 11.8 Å². The number of aromatic nitrogens is 1. The molecule has 0 spiro atoms. The molecule has 0 saturated carbocycles. The molecule has 1 saturated heterocycles. The predicted octanol–water partition coefficient (Wildman–Crippen LogP) is 5.79. The minimum Gasteiger partial charge on any atom is -0.444 e. The van der Waals surface area contributed by atoms with Gasteiger partial charge in [-0.15, -0.1) is 0 Å². The molecular formula is C39H56N4O5S. The Morgan fingerprint density at radius 2 is 1.84 bits per heavy atom. The van der Waals surface area contributed by atoms with Crippen molar-refractivity contribution >= 4 is 54.0 Å². The van der Waals surface area contributed by atoms with Crippen LogP contribution in [0.5, 0.6) is 0 Å². The van der Waals surface area contributed by atoms with E-state index in [0.29, 0.717) is 44.7 Å². The van der Waals surface area contributed by atoms with Crippen molar-refractivity contribution in [1.82, 2.24) is 10.3 Å². The second-order valence-electron chi connectivity index (χ2n) is 13.9. The van der Waals surface area contributed by atoms with Crippen LogP contribution in [-0.2, 0) is 25.4 Å². The summed E-state index contributed by atoms with van der Waals surface area (Å²) in [6, 6.07) is 10.4. The number of rotatable bonds is 16. The molecule has 1 unspecified atom stereocenters. The Morgan fingerprint density at radius 3 is 2.57 bits per heavy atom. The highest BCUT2D eigenvalue weighted by atomic mass is 32.2. The average molecular weight is 693 g/mol. The second kappa shape index (κ2) is 19.2. The third kappa shape index (κ3) is 12.5. The van der Waals surface area contributed by atoms with E-state index in [4.69, 9.17) is 19.2 Å². The predicted molar refractivity (Wildman–Crippen MR) is 202 cm³/mol. The van der Waals surface area contributed by atoms with E-state index >= 15 is 0 Å². The summed E-state index contributed by atoms with van der Waals surface area (Å²) in [5.74, 6) is 2.16. The fraction of sp³-hybridized carbons (Fsp3) is 0.564. The Balaban J connectivity index is 1.16. The molecule has 49 heavy (non-hydrogen) atoms. The van der Waals surface area contributed by atoms with Gasteiger partial charge in [-0.25, -0.2) is 9.78 Å². The molecule has 9 nitrogen and oxygen atoms in total. The van der Waals surface area contributed by atoms with Crippen LogP contribution in [-0.4, -0.2) is 80.7 Å². The number of ether oxygens (including phenoxy) is 3. The van der Waals surface area contributed by atoms with Gasteiger partial charge < -0.3 is 29.7 Å². The van der Waals surface area contributed by atoms with Gasteiger partial charge in [0.2, 0.25) is 5.91 Å². The van der Waals surface area contributed by atoms with Gasteiger partial charge in [0.05, 0.1) is 25.5 Å². The monoisotopic (exact) mass is 692 g/mol. The maximum atomic E-state index is 13.2. The minimum absolute atomic E-state index is 0.0287. The summed E-state index contributed by atoms with van der Waals surface area (Å²) in [6.07, 6.45) is 11.6. The largest absolute Gasteiger partial charge is 0.444 e. The van der Waals surface area contributed by atoms with Crippen LogP contribution in [0.2, 0.25) is 0 Å². The van der Waals surface area contributed by atoms with Crippen molar-refractivity contribution in [3.8, 4) is 0 Å². The topological polar surface area (TPSA) is 102 Å². The molecule has 2 heterocycles. The van der Waals surface area contributed by atoms with Crippen molar-refractivity contribution in [2.75, 3.05) is 68.3 Å².